The maximum atomic E-state index is 12.9. The van der Waals surface area contributed by atoms with Gasteiger partial charge in [-0.1, -0.05) is 26.0 Å². The fourth-order valence-electron chi connectivity index (χ4n) is 3.30. The minimum atomic E-state index is -3.27. The molecule has 1 fully saturated rings. The summed E-state index contributed by atoms with van der Waals surface area (Å²) in [6, 6.07) is 6.93. The lowest BCUT2D eigenvalue weighted by Crippen LogP contribution is -2.50. The molecule has 1 heterocycles. The first-order valence-corrected chi connectivity index (χ1v) is 10.9. The average Bonchev–Trinajstić information content (AvgIpc) is 2.65. The lowest BCUT2D eigenvalue weighted by molar-refractivity contribution is -0.138. The van der Waals surface area contributed by atoms with Crippen LogP contribution in [-0.4, -0.2) is 66.0 Å². The van der Waals surface area contributed by atoms with Crippen LogP contribution in [0.1, 0.15) is 55.5 Å². The Balaban J connectivity index is 2.15. The normalized spacial score (nSPS) is 16.4. The van der Waals surface area contributed by atoms with Crippen molar-refractivity contribution in [3.63, 3.8) is 0 Å². The summed E-state index contributed by atoms with van der Waals surface area (Å²) in [6.45, 7) is 5.93. The molecule has 1 N–H and O–H groups in total. The van der Waals surface area contributed by atoms with Gasteiger partial charge in [0.2, 0.25) is 10.0 Å². The molecule has 27 heavy (non-hydrogen) atoms. The zero-order valence-corrected chi connectivity index (χ0v) is 16.9. The minimum absolute atomic E-state index is 0.0393. The Morgan fingerprint density at radius 1 is 1.19 bits per heavy atom. The molecule has 1 aromatic rings. The molecule has 2 rings (SSSR count). The number of sulfonamides is 1. The van der Waals surface area contributed by atoms with E-state index in [-0.39, 0.29) is 17.7 Å². The number of carboxylic acids is 1. The summed E-state index contributed by atoms with van der Waals surface area (Å²) in [5, 5.41) is 9.25. The summed E-state index contributed by atoms with van der Waals surface area (Å²) in [5.41, 5.74) is 1.55. The van der Waals surface area contributed by atoms with E-state index in [9.17, 15) is 23.1 Å². The van der Waals surface area contributed by atoms with E-state index in [1.54, 1.807) is 19.1 Å². The van der Waals surface area contributed by atoms with Gasteiger partial charge in [0.1, 0.15) is 6.54 Å². The zero-order chi connectivity index (χ0) is 20.2. The Morgan fingerprint density at radius 3 is 2.19 bits per heavy atom. The maximum Gasteiger partial charge on any atom is 0.323 e. The monoisotopic (exact) mass is 396 g/mol. The van der Waals surface area contributed by atoms with Crippen LogP contribution in [0.4, 0.5) is 0 Å². The van der Waals surface area contributed by atoms with Crippen molar-refractivity contribution in [1.29, 1.82) is 0 Å². The number of hydrogen-bond acceptors (Lipinski definition) is 4. The topological polar surface area (TPSA) is 95.0 Å². The van der Waals surface area contributed by atoms with Crippen molar-refractivity contribution >= 4 is 21.9 Å². The standard InChI is InChI=1S/C19H28N2O5S/c1-4-27(25,26)20-11-9-17(10-12-20)21(13-18(22)23)19(24)16-7-5-15(6-8-16)14(2)3/h5-8,14,17H,4,9-13H2,1-3H3,(H,22,23). The van der Waals surface area contributed by atoms with Gasteiger partial charge in [-0.3, -0.25) is 9.59 Å². The predicted molar refractivity (Wildman–Crippen MR) is 103 cm³/mol. The van der Waals surface area contributed by atoms with Crippen LogP contribution in [0.3, 0.4) is 0 Å². The Hall–Kier alpha value is -1.93. The molecule has 1 aliphatic rings. The number of aliphatic carboxylic acids is 1. The number of rotatable bonds is 7. The van der Waals surface area contributed by atoms with E-state index in [0.29, 0.717) is 37.4 Å². The molecule has 1 amide bonds. The summed E-state index contributed by atoms with van der Waals surface area (Å²) in [4.78, 5) is 25.6. The SMILES string of the molecule is CCS(=O)(=O)N1CCC(N(CC(=O)O)C(=O)c2ccc(C(C)C)cc2)CC1. The van der Waals surface area contributed by atoms with Gasteiger partial charge in [-0.05, 0) is 43.4 Å². The number of carbonyl (C=O) groups excluding carboxylic acids is 1. The molecular weight excluding hydrogens is 368 g/mol. The number of amides is 1. The summed E-state index contributed by atoms with van der Waals surface area (Å²) >= 11 is 0. The lowest BCUT2D eigenvalue weighted by Gasteiger charge is -2.37. The second-order valence-corrected chi connectivity index (χ2v) is 9.39. The molecule has 0 radical (unpaired) electrons. The Kier molecular flexibility index (Phi) is 7.00. The predicted octanol–water partition coefficient (Wildman–Crippen LogP) is 2.15. The molecule has 0 bridgehead atoms. The van der Waals surface area contributed by atoms with Gasteiger partial charge in [-0.15, -0.1) is 0 Å². The third kappa shape index (κ3) is 5.29. The van der Waals surface area contributed by atoms with Gasteiger partial charge >= 0.3 is 5.97 Å². The van der Waals surface area contributed by atoms with Crippen molar-refractivity contribution in [2.45, 2.75) is 45.6 Å². The quantitative estimate of drug-likeness (QED) is 0.762. The Morgan fingerprint density at radius 2 is 1.74 bits per heavy atom. The molecular formula is C19H28N2O5S. The highest BCUT2D eigenvalue weighted by Gasteiger charge is 2.33. The molecule has 0 aromatic heterocycles. The summed E-state index contributed by atoms with van der Waals surface area (Å²) in [5.74, 6) is -1.03. The van der Waals surface area contributed by atoms with Gasteiger partial charge in [-0.25, -0.2) is 12.7 Å². The summed E-state index contributed by atoms with van der Waals surface area (Å²) in [6.07, 6.45) is 0.866. The van der Waals surface area contributed by atoms with E-state index >= 15 is 0 Å². The molecule has 8 heteroatoms. The minimum Gasteiger partial charge on any atom is -0.480 e. The molecule has 1 aromatic carbocycles. The highest BCUT2D eigenvalue weighted by Crippen LogP contribution is 2.22. The highest BCUT2D eigenvalue weighted by atomic mass is 32.2. The Bertz CT molecular complexity index is 766. The number of piperidine rings is 1. The molecule has 0 saturated carbocycles. The van der Waals surface area contributed by atoms with Crippen LogP contribution in [0.5, 0.6) is 0 Å². The van der Waals surface area contributed by atoms with Crippen LogP contribution in [0.2, 0.25) is 0 Å². The molecule has 1 saturated heterocycles. The fraction of sp³-hybridized carbons (Fsp3) is 0.579. The Labute approximate surface area is 161 Å². The van der Waals surface area contributed by atoms with Crippen LogP contribution >= 0.6 is 0 Å². The first-order chi connectivity index (χ1) is 12.7. The molecule has 1 aliphatic heterocycles. The van der Waals surface area contributed by atoms with Crippen LogP contribution < -0.4 is 0 Å². The van der Waals surface area contributed by atoms with E-state index in [0.717, 1.165) is 5.56 Å². The summed E-state index contributed by atoms with van der Waals surface area (Å²) in [7, 11) is -3.27. The van der Waals surface area contributed by atoms with Crippen molar-refractivity contribution in [3.05, 3.63) is 35.4 Å². The second kappa shape index (κ2) is 8.84. The lowest BCUT2D eigenvalue weighted by atomic mass is 10.00. The zero-order valence-electron chi connectivity index (χ0n) is 16.1. The van der Waals surface area contributed by atoms with Gasteiger partial charge in [0, 0.05) is 24.7 Å². The van der Waals surface area contributed by atoms with Gasteiger partial charge in [0.15, 0.2) is 0 Å². The van der Waals surface area contributed by atoms with E-state index in [4.69, 9.17) is 0 Å². The summed E-state index contributed by atoms with van der Waals surface area (Å²) < 4.78 is 25.4. The molecule has 0 aliphatic carbocycles. The largest absolute Gasteiger partial charge is 0.480 e. The van der Waals surface area contributed by atoms with Crippen molar-refractivity contribution in [2.24, 2.45) is 0 Å². The fourth-order valence-corrected chi connectivity index (χ4v) is 4.44. The molecule has 7 nitrogen and oxygen atoms in total. The number of hydrogen-bond donors (Lipinski definition) is 1. The second-order valence-electron chi connectivity index (χ2n) is 7.13. The molecule has 0 atom stereocenters. The first kappa shape index (κ1) is 21.4. The van der Waals surface area contributed by atoms with Crippen molar-refractivity contribution in [1.82, 2.24) is 9.21 Å². The van der Waals surface area contributed by atoms with Crippen molar-refractivity contribution < 1.29 is 23.1 Å². The maximum absolute atomic E-state index is 12.9. The highest BCUT2D eigenvalue weighted by molar-refractivity contribution is 7.89. The van der Waals surface area contributed by atoms with E-state index < -0.39 is 22.5 Å². The third-order valence-corrected chi connectivity index (χ3v) is 6.89. The van der Waals surface area contributed by atoms with Crippen LogP contribution in [0.25, 0.3) is 0 Å². The van der Waals surface area contributed by atoms with E-state index in [1.165, 1.54) is 9.21 Å². The van der Waals surface area contributed by atoms with Gasteiger partial charge in [-0.2, -0.15) is 0 Å². The van der Waals surface area contributed by atoms with Gasteiger partial charge in [0.05, 0.1) is 5.75 Å². The molecule has 0 spiro atoms. The van der Waals surface area contributed by atoms with Crippen molar-refractivity contribution in [2.75, 3.05) is 25.4 Å². The van der Waals surface area contributed by atoms with Gasteiger partial charge in [0.25, 0.3) is 5.91 Å². The molecule has 0 unspecified atom stereocenters. The number of nitrogens with zero attached hydrogens (tertiary/aromatic N) is 2. The molecule has 150 valence electrons. The first-order valence-electron chi connectivity index (χ1n) is 9.26. The van der Waals surface area contributed by atoms with Gasteiger partial charge < -0.3 is 10.0 Å². The van der Waals surface area contributed by atoms with Crippen LogP contribution in [0, 0.1) is 0 Å². The number of carbonyl (C=O) groups is 2. The number of benzene rings is 1. The van der Waals surface area contributed by atoms with Crippen molar-refractivity contribution in [3.8, 4) is 0 Å². The number of carboxylic acid groups (broad SMARTS) is 1. The third-order valence-electron chi connectivity index (χ3n) is 5.01. The average molecular weight is 397 g/mol. The van der Waals surface area contributed by atoms with Crippen LogP contribution in [0.15, 0.2) is 24.3 Å². The van der Waals surface area contributed by atoms with E-state index in [1.807, 2.05) is 12.1 Å². The van der Waals surface area contributed by atoms with Crippen LogP contribution in [-0.2, 0) is 14.8 Å². The smallest absolute Gasteiger partial charge is 0.323 e. The van der Waals surface area contributed by atoms with E-state index in [2.05, 4.69) is 13.8 Å².